The number of likely N-dealkylation sites (tertiary alicyclic amines) is 1. The smallest absolute Gasteiger partial charge is 0.123 e. The first-order chi connectivity index (χ1) is 9.13. The third-order valence-corrected chi connectivity index (χ3v) is 4.06. The van der Waals surface area contributed by atoms with E-state index in [9.17, 15) is 0 Å². The third kappa shape index (κ3) is 3.27. The Kier molecular flexibility index (Phi) is 4.44. The SMILES string of the molecule is COc1ccc(C#N)cc1CN1CCC(C(C)C)C1. The number of nitrogens with zero attached hydrogens (tertiary/aromatic N) is 2. The zero-order chi connectivity index (χ0) is 13.8. The molecular formula is C16H22N2O. The fraction of sp³-hybridized carbons (Fsp3) is 0.562. The van der Waals surface area contributed by atoms with Crippen LogP contribution in [-0.4, -0.2) is 25.1 Å². The van der Waals surface area contributed by atoms with Crippen LogP contribution in [0.3, 0.4) is 0 Å². The van der Waals surface area contributed by atoms with Crippen LogP contribution in [-0.2, 0) is 6.54 Å². The Morgan fingerprint density at radius 3 is 2.84 bits per heavy atom. The number of methoxy groups -OCH3 is 1. The zero-order valence-electron chi connectivity index (χ0n) is 12.0. The molecule has 0 aromatic heterocycles. The van der Waals surface area contributed by atoms with Crippen LogP contribution in [0, 0.1) is 23.2 Å². The summed E-state index contributed by atoms with van der Waals surface area (Å²) in [7, 11) is 1.69. The molecule has 1 atom stereocenters. The summed E-state index contributed by atoms with van der Waals surface area (Å²) in [5.41, 5.74) is 1.82. The second kappa shape index (κ2) is 6.08. The lowest BCUT2D eigenvalue weighted by Crippen LogP contribution is -2.21. The van der Waals surface area contributed by atoms with Crippen LogP contribution >= 0.6 is 0 Å². The second-order valence-corrected chi connectivity index (χ2v) is 5.67. The Hall–Kier alpha value is -1.53. The molecule has 3 heteroatoms. The summed E-state index contributed by atoms with van der Waals surface area (Å²) in [5.74, 6) is 2.43. The normalized spacial score (nSPS) is 19.6. The molecule has 0 aliphatic carbocycles. The number of rotatable bonds is 4. The maximum absolute atomic E-state index is 9.00. The molecule has 102 valence electrons. The minimum atomic E-state index is 0.704. The van der Waals surface area contributed by atoms with E-state index in [2.05, 4.69) is 24.8 Å². The second-order valence-electron chi connectivity index (χ2n) is 5.67. The highest BCUT2D eigenvalue weighted by atomic mass is 16.5. The average molecular weight is 258 g/mol. The van der Waals surface area contributed by atoms with Crippen molar-refractivity contribution < 1.29 is 4.74 Å². The van der Waals surface area contributed by atoms with E-state index in [0.717, 1.165) is 42.8 Å². The van der Waals surface area contributed by atoms with Crippen LogP contribution in [0.15, 0.2) is 18.2 Å². The minimum Gasteiger partial charge on any atom is -0.496 e. The maximum Gasteiger partial charge on any atom is 0.123 e. The Bertz CT molecular complexity index is 476. The summed E-state index contributed by atoms with van der Waals surface area (Å²) < 4.78 is 5.39. The van der Waals surface area contributed by atoms with E-state index in [-0.39, 0.29) is 0 Å². The highest BCUT2D eigenvalue weighted by Gasteiger charge is 2.25. The quantitative estimate of drug-likeness (QED) is 0.833. The molecule has 1 saturated heterocycles. The van der Waals surface area contributed by atoms with E-state index in [1.54, 1.807) is 7.11 Å². The molecule has 1 aromatic rings. The van der Waals surface area contributed by atoms with E-state index in [4.69, 9.17) is 10.00 Å². The molecule has 0 saturated carbocycles. The fourth-order valence-electron chi connectivity index (χ4n) is 2.76. The molecular weight excluding hydrogens is 236 g/mol. The van der Waals surface area contributed by atoms with Gasteiger partial charge >= 0.3 is 0 Å². The van der Waals surface area contributed by atoms with E-state index < -0.39 is 0 Å². The Labute approximate surface area is 115 Å². The highest BCUT2D eigenvalue weighted by Crippen LogP contribution is 2.27. The maximum atomic E-state index is 9.00. The van der Waals surface area contributed by atoms with Gasteiger partial charge in [0, 0.05) is 18.7 Å². The third-order valence-electron chi connectivity index (χ3n) is 4.06. The predicted octanol–water partition coefficient (Wildman–Crippen LogP) is 3.04. The first-order valence-corrected chi connectivity index (χ1v) is 6.93. The van der Waals surface area contributed by atoms with Crippen molar-refractivity contribution in [1.82, 2.24) is 4.90 Å². The molecule has 1 heterocycles. The molecule has 1 unspecified atom stereocenters. The Morgan fingerprint density at radius 2 is 2.26 bits per heavy atom. The van der Waals surface area contributed by atoms with Gasteiger partial charge in [-0.1, -0.05) is 13.8 Å². The van der Waals surface area contributed by atoms with Crippen LogP contribution in [0.1, 0.15) is 31.4 Å². The van der Waals surface area contributed by atoms with Crippen molar-refractivity contribution in [2.75, 3.05) is 20.2 Å². The summed E-state index contributed by atoms with van der Waals surface area (Å²) in [4.78, 5) is 2.46. The number of hydrogen-bond acceptors (Lipinski definition) is 3. The fourth-order valence-corrected chi connectivity index (χ4v) is 2.76. The molecule has 2 rings (SSSR count). The first kappa shape index (κ1) is 13.9. The van der Waals surface area contributed by atoms with Crippen molar-refractivity contribution in [2.45, 2.75) is 26.8 Å². The molecule has 0 bridgehead atoms. The molecule has 1 aliphatic heterocycles. The lowest BCUT2D eigenvalue weighted by Gasteiger charge is -2.19. The van der Waals surface area contributed by atoms with Crippen molar-refractivity contribution in [2.24, 2.45) is 11.8 Å². The number of hydrogen-bond donors (Lipinski definition) is 0. The van der Waals surface area contributed by atoms with E-state index in [1.807, 2.05) is 18.2 Å². The van der Waals surface area contributed by atoms with Gasteiger partial charge in [-0.2, -0.15) is 5.26 Å². The van der Waals surface area contributed by atoms with Crippen molar-refractivity contribution in [1.29, 1.82) is 5.26 Å². The summed E-state index contributed by atoms with van der Waals surface area (Å²) in [5, 5.41) is 9.00. The Balaban J connectivity index is 2.09. The van der Waals surface area contributed by atoms with Gasteiger partial charge in [0.25, 0.3) is 0 Å². The lowest BCUT2D eigenvalue weighted by atomic mass is 9.95. The molecule has 0 radical (unpaired) electrons. The van der Waals surface area contributed by atoms with E-state index in [0.29, 0.717) is 5.56 Å². The predicted molar refractivity (Wildman–Crippen MR) is 75.9 cm³/mol. The van der Waals surface area contributed by atoms with Gasteiger partial charge in [-0.25, -0.2) is 0 Å². The van der Waals surface area contributed by atoms with E-state index in [1.165, 1.54) is 6.42 Å². The standard InChI is InChI=1S/C16H22N2O/c1-12(2)14-6-7-18(10-14)11-15-8-13(9-17)4-5-16(15)19-3/h4-5,8,12,14H,6-7,10-11H2,1-3H3. The molecule has 1 aliphatic rings. The first-order valence-electron chi connectivity index (χ1n) is 6.93. The highest BCUT2D eigenvalue weighted by molar-refractivity contribution is 5.42. The van der Waals surface area contributed by atoms with Gasteiger partial charge in [0.2, 0.25) is 0 Å². The van der Waals surface area contributed by atoms with Gasteiger partial charge in [-0.3, -0.25) is 4.90 Å². The molecule has 3 nitrogen and oxygen atoms in total. The van der Waals surface area contributed by atoms with Crippen LogP contribution in [0.5, 0.6) is 5.75 Å². The largest absolute Gasteiger partial charge is 0.496 e. The molecule has 19 heavy (non-hydrogen) atoms. The molecule has 1 aromatic carbocycles. The van der Waals surface area contributed by atoms with Gasteiger partial charge < -0.3 is 4.74 Å². The topological polar surface area (TPSA) is 36.3 Å². The zero-order valence-corrected chi connectivity index (χ0v) is 12.0. The van der Waals surface area contributed by atoms with Crippen LogP contribution < -0.4 is 4.74 Å². The number of ether oxygens (including phenoxy) is 1. The van der Waals surface area contributed by atoms with Gasteiger partial charge in [0.1, 0.15) is 5.75 Å². The molecule has 0 spiro atoms. The summed E-state index contributed by atoms with van der Waals surface area (Å²) in [6, 6.07) is 7.84. The van der Waals surface area contributed by atoms with Crippen molar-refractivity contribution in [3.63, 3.8) is 0 Å². The van der Waals surface area contributed by atoms with Gasteiger partial charge in [0.05, 0.1) is 18.7 Å². The van der Waals surface area contributed by atoms with Crippen LogP contribution in [0.4, 0.5) is 0 Å². The number of nitriles is 1. The Morgan fingerprint density at radius 1 is 1.47 bits per heavy atom. The monoisotopic (exact) mass is 258 g/mol. The van der Waals surface area contributed by atoms with Crippen molar-refractivity contribution in [3.8, 4) is 11.8 Å². The average Bonchev–Trinajstić information content (AvgIpc) is 2.87. The summed E-state index contributed by atoms with van der Waals surface area (Å²) >= 11 is 0. The molecule has 0 N–H and O–H groups in total. The summed E-state index contributed by atoms with van der Waals surface area (Å²) in [6.07, 6.45) is 1.28. The van der Waals surface area contributed by atoms with Gasteiger partial charge in [-0.05, 0) is 43.0 Å². The lowest BCUT2D eigenvalue weighted by molar-refractivity contribution is 0.291. The van der Waals surface area contributed by atoms with Gasteiger partial charge in [0.15, 0.2) is 0 Å². The van der Waals surface area contributed by atoms with Crippen LogP contribution in [0.2, 0.25) is 0 Å². The minimum absolute atomic E-state index is 0.704. The number of benzene rings is 1. The van der Waals surface area contributed by atoms with Gasteiger partial charge in [-0.15, -0.1) is 0 Å². The van der Waals surface area contributed by atoms with Crippen molar-refractivity contribution >= 4 is 0 Å². The molecule has 0 amide bonds. The van der Waals surface area contributed by atoms with E-state index >= 15 is 0 Å². The summed E-state index contributed by atoms with van der Waals surface area (Å²) in [6.45, 7) is 7.76. The molecule has 1 fully saturated rings. The van der Waals surface area contributed by atoms with Crippen LogP contribution in [0.25, 0.3) is 0 Å². The van der Waals surface area contributed by atoms with Crippen molar-refractivity contribution in [3.05, 3.63) is 29.3 Å².